The number of likely N-dealkylation sites (tertiary alicyclic amines) is 1. The highest BCUT2D eigenvalue weighted by Crippen LogP contribution is 2.32. The third kappa shape index (κ3) is 3.76. The Hall–Kier alpha value is -1.10. The van der Waals surface area contributed by atoms with E-state index in [1.54, 1.807) is 0 Å². The molecule has 1 saturated heterocycles. The van der Waals surface area contributed by atoms with E-state index >= 15 is 0 Å². The van der Waals surface area contributed by atoms with Crippen LogP contribution in [0.25, 0.3) is 0 Å². The summed E-state index contributed by atoms with van der Waals surface area (Å²) in [7, 11) is 1.86. The number of carboxylic acids is 1. The van der Waals surface area contributed by atoms with E-state index in [9.17, 15) is 14.7 Å². The average molecular weight is 296 g/mol. The second kappa shape index (κ2) is 7.25. The zero-order valence-corrected chi connectivity index (χ0v) is 13.3. The van der Waals surface area contributed by atoms with Crippen LogP contribution in [-0.2, 0) is 9.59 Å². The number of carboxylic acid groups (broad SMARTS) is 1. The molecule has 2 rings (SSSR count). The van der Waals surface area contributed by atoms with Crippen molar-refractivity contribution in [2.45, 2.75) is 51.5 Å². The average Bonchev–Trinajstić information content (AvgIpc) is 2.53. The lowest BCUT2D eigenvalue weighted by atomic mass is 9.78. The number of piperidine rings is 1. The molecule has 0 bridgehead atoms. The predicted molar refractivity (Wildman–Crippen MR) is 81.0 cm³/mol. The summed E-state index contributed by atoms with van der Waals surface area (Å²) < 4.78 is 0. The summed E-state index contributed by atoms with van der Waals surface area (Å²) in [5.41, 5.74) is 0. The van der Waals surface area contributed by atoms with Crippen molar-refractivity contribution in [2.75, 3.05) is 26.7 Å². The van der Waals surface area contributed by atoms with Crippen molar-refractivity contribution in [3.8, 4) is 0 Å². The van der Waals surface area contributed by atoms with Crippen molar-refractivity contribution in [1.29, 1.82) is 0 Å². The van der Waals surface area contributed by atoms with E-state index in [0.717, 1.165) is 51.7 Å². The largest absolute Gasteiger partial charge is 0.481 e. The summed E-state index contributed by atoms with van der Waals surface area (Å²) in [5, 5.41) is 9.34. The first-order chi connectivity index (χ1) is 10.0. The fourth-order valence-corrected chi connectivity index (χ4v) is 3.79. The first-order valence-electron chi connectivity index (χ1n) is 8.26. The summed E-state index contributed by atoms with van der Waals surface area (Å²) in [6, 6.07) is 0.275. The second-order valence-electron chi connectivity index (χ2n) is 6.45. The lowest BCUT2D eigenvalue weighted by Crippen LogP contribution is -2.49. The zero-order valence-electron chi connectivity index (χ0n) is 13.3. The molecule has 0 aromatic heterocycles. The lowest BCUT2D eigenvalue weighted by molar-refractivity contribution is -0.153. The van der Waals surface area contributed by atoms with Crippen LogP contribution in [0.15, 0.2) is 0 Å². The molecule has 21 heavy (non-hydrogen) atoms. The summed E-state index contributed by atoms with van der Waals surface area (Å²) >= 11 is 0. The van der Waals surface area contributed by atoms with Gasteiger partial charge in [0, 0.05) is 26.2 Å². The van der Waals surface area contributed by atoms with Crippen LogP contribution >= 0.6 is 0 Å². The molecule has 2 atom stereocenters. The standard InChI is InChI=1S/C16H28N2O3/c1-3-18-10-8-12(9-11-18)17(2)15(19)13-6-4-5-7-14(13)16(20)21/h12-14H,3-11H2,1-2H3,(H,20,21)/t13-,14+/m1/s1. The van der Waals surface area contributed by atoms with Crippen molar-refractivity contribution in [2.24, 2.45) is 11.8 Å². The van der Waals surface area contributed by atoms with Crippen LogP contribution in [0.5, 0.6) is 0 Å². The minimum atomic E-state index is -0.803. The molecule has 2 fully saturated rings. The predicted octanol–water partition coefficient (Wildman–Crippen LogP) is 1.82. The van der Waals surface area contributed by atoms with Gasteiger partial charge < -0.3 is 14.9 Å². The van der Waals surface area contributed by atoms with E-state index in [-0.39, 0.29) is 17.9 Å². The molecule has 2 aliphatic rings. The number of rotatable bonds is 4. The molecule has 1 saturated carbocycles. The number of carbonyl (C=O) groups excluding carboxylic acids is 1. The molecule has 1 N–H and O–H groups in total. The highest BCUT2D eigenvalue weighted by molar-refractivity contribution is 5.85. The van der Waals surface area contributed by atoms with E-state index in [1.165, 1.54) is 0 Å². The maximum Gasteiger partial charge on any atom is 0.307 e. The van der Waals surface area contributed by atoms with Gasteiger partial charge in [0.05, 0.1) is 11.8 Å². The number of nitrogens with zero attached hydrogens (tertiary/aromatic N) is 2. The van der Waals surface area contributed by atoms with Gasteiger partial charge >= 0.3 is 5.97 Å². The summed E-state index contributed by atoms with van der Waals surface area (Å²) in [5.74, 6) is -1.55. The molecule has 5 heteroatoms. The second-order valence-corrected chi connectivity index (χ2v) is 6.45. The first-order valence-corrected chi connectivity index (χ1v) is 8.26. The SMILES string of the molecule is CCN1CCC(N(C)C(=O)[C@@H]2CCCC[C@@H]2C(=O)O)CC1. The molecule has 1 aliphatic carbocycles. The summed E-state index contributed by atoms with van der Waals surface area (Å²) in [6.07, 6.45) is 5.28. The minimum Gasteiger partial charge on any atom is -0.481 e. The highest BCUT2D eigenvalue weighted by atomic mass is 16.4. The molecule has 0 aromatic rings. The van der Waals surface area contributed by atoms with Gasteiger partial charge in [-0.1, -0.05) is 19.8 Å². The summed E-state index contributed by atoms with van der Waals surface area (Å²) in [4.78, 5) is 28.3. The van der Waals surface area contributed by atoms with Gasteiger partial charge in [-0.25, -0.2) is 0 Å². The van der Waals surface area contributed by atoms with Crippen molar-refractivity contribution in [3.63, 3.8) is 0 Å². The van der Waals surface area contributed by atoms with E-state index in [4.69, 9.17) is 0 Å². The first kappa shape index (κ1) is 16.3. The van der Waals surface area contributed by atoms with Gasteiger partial charge in [0.1, 0.15) is 0 Å². The van der Waals surface area contributed by atoms with Crippen molar-refractivity contribution >= 4 is 11.9 Å². The maximum atomic E-state index is 12.7. The Morgan fingerprint density at radius 3 is 2.19 bits per heavy atom. The smallest absolute Gasteiger partial charge is 0.307 e. The quantitative estimate of drug-likeness (QED) is 0.859. The Morgan fingerprint density at radius 1 is 1.10 bits per heavy atom. The monoisotopic (exact) mass is 296 g/mol. The van der Waals surface area contributed by atoms with E-state index in [1.807, 2.05) is 11.9 Å². The zero-order chi connectivity index (χ0) is 15.4. The van der Waals surface area contributed by atoms with Gasteiger partial charge in [-0.15, -0.1) is 0 Å². The van der Waals surface area contributed by atoms with E-state index < -0.39 is 11.9 Å². The number of carbonyl (C=O) groups is 2. The molecule has 0 aromatic carbocycles. The van der Waals surface area contributed by atoms with Gasteiger partial charge in [-0.3, -0.25) is 9.59 Å². The Bertz CT molecular complexity index is 378. The maximum absolute atomic E-state index is 12.7. The lowest BCUT2D eigenvalue weighted by Gasteiger charge is -2.39. The Morgan fingerprint density at radius 2 is 1.67 bits per heavy atom. The number of amides is 1. The third-order valence-electron chi connectivity index (χ3n) is 5.30. The molecular formula is C16H28N2O3. The van der Waals surface area contributed by atoms with Crippen molar-refractivity contribution < 1.29 is 14.7 Å². The van der Waals surface area contributed by atoms with Crippen LogP contribution in [0, 0.1) is 11.8 Å². The minimum absolute atomic E-state index is 0.0528. The van der Waals surface area contributed by atoms with Crippen LogP contribution in [0.4, 0.5) is 0 Å². The van der Waals surface area contributed by atoms with Gasteiger partial charge in [-0.05, 0) is 32.2 Å². The van der Waals surface area contributed by atoms with Gasteiger partial charge in [0.2, 0.25) is 5.91 Å². The van der Waals surface area contributed by atoms with Crippen molar-refractivity contribution in [3.05, 3.63) is 0 Å². The molecule has 1 amide bonds. The highest BCUT2D eigenvalue weighted by Gasteiger charge is 2.38. The summed E-state index contributed by atoms with van der Waals surface area (Å²) in [6.45, 7) is 5.29. The number of aliphatic carboxylic acids is 1. The topological polar surface area (TPSA) is 60.9 Å². The normalized spacial score (nSPS) is 28.3. The molecule has 1 aliphatic heterocycles. The van der Waals surface area contributed by atoms with E-state index in [0.29, 0.717) is 6.42 Å². The van der Waals surface area contributed by atoms with E-state index in [2.05, 4.69) is 11.8 Å². The fourth-order valence-electron chi connectivity index (χ4n) is 3.79. The fraction of sp³-hybridized carbons (Fsp3) is 0.875. The number of hydrogen-bond donors (Lipinski definition) is 1. The Kier molecular flexibility index (Phi) is 5.62. The van der Waals surface area contributed by atoms with Crippen LogP contribution in [0.1, 0.15) is 45.4 Å². The molecule has 0 spiro atoms. The van der Waals surface area contributed by atoms with Crippen LogP contribution < -0.4 is 0 Å². The molecule has 120 valence electrons. The Balaban J connectivity index is 1.96. The van der Waals surface area contributed by atoms with Crippen LogP contribution in [-0.4, -0.2) is 59.5 Å². The van der Waals surface area contributed by atoms with Gasteiger partial charge in [0.25, 0.3) is 0 Å². The number of hydrogen-bond acceptors (Lipinski definition) is 3. The third-order valence-corrected chi connectivity index (χ3v) is 5.30. The molecule has 0 radical (unpaired) electrons. The van der Waals surface area contributed by atoms with Gasteiger partial charge in [0.15, 0.2) is 0 Å². The van der Waals surface area contributed by atoms with Crippen LogP contribution in [0.2, 0.25) is 0 Å². The Labute approximate surface area is 127 Å². The molecule has 5 nitrogen and oxygen atoms in total. The molecule has 0 unspecified atom stereocenters. The van der Waals surface area contributed by atoms with Gasteiger partial charge in [-0.2, -0.15) is 0 Å². The van der Waals surface area contributed by atoms with Crippen molar-refractivity contribution in [1.82, 2.24) is 9.80 Å². The molecule has 1 heterocycles. The molecular weight excluding hydrogens is 268 g/mol. The van der Waals surface area contributed by atoms with Crippen LogP contribution in [0.3, 0.4) is 0 Å².